The van der Waals surface area contributed by atoms with Crippen LogP contribution < -0.4 is 4.90 Å². The van der Waals surface area contributed by atoms with Crippen LogP contribution in [0.2, 0.25) is 5.02 Å². The van der Waals surface area contributed by atoms with Crippen molar-refractivity contribution in [2.45, 2.75) is 30.4 Å². The summed E-state index contributed by atoms with van der Waals surface area (Å²) in [7, 11) is -3.70. The van der Waals surface area contributed by atoms with E-state index in [1.807, 2.05) is 36.4 Å². The number of carbonyl (C=O) groups excluding carboxylic acids is 1. The highest BCUT2D eigenvalue weighted by molar-refractivity contribution is 7.89. The molecular weight excluding hydrogens is 476 g/mol. The van der Waals surface area contributed by atoms with Crippen LogP contribution in [0.1, 0.15) is 18.4 Å². The lowest BCUT2D eigenvalue weighted by molar-refractivity contribution is 0.136. The molecule has 1 saturated heterocycles. The van der Waals surface area contributed by atoms with Crippen LogP contribution >= 0.6 is 11.6 Å². The summed E-state index contributed by atoms with van der Waals surface area (Å²) in [6, 6.07) is 17.8. The molecule has 4 aromatic rings. The van der Waals surface area contributed by atoms with Crippen LogP contribution in [0, 0.1) is 0 Å². The number of hydrogen-bond donors (Lipinski definition) is 0. The fourth-order valence-electron chi connectivity index (χ4n) is 4.92. The molecule has 2 aliphatic rings. The topological polar surface area (TPSA) is 80.1 Å². The Balaban J connectivity index is 1.26. The Labute approximate surface area is 201 Å². The Hall–Kier alpha value is -3.07. The Kier molecular flexibility index (Phi) is 5.05. The van der Waals surface area contributed by atoms with Gasteiger partial charge in [-0.3, -0.25) is 4.90 Å². The molecule has 0 saturated carbocycles. The van der Waals surface area contributed by atoms with Gasteiger partial charge in [0, 0.05) is 40.5 Å². The summed E-state index contributed by atoms with van der Waals surface area (Å²) in [6.45, 7) is 0.746. The van der Waals surface area contributed by atoms with Crippen molar-refractivity contribution in [2.75, 3.05) is 18.0 Å². The number of ether oxygens (including phenoxy) is 1. The lowest BCUT2D eigenvalue weighted by Crippen LogP contribution is -2.50. The van der Waals surface area contributed by atoms with Gasteiger partial charge in [0.15, 0.2) is 0 Å². The molecule has 3 aromatic carbocycles. The lowest BCUT2D eigenvalue weighted by Gasteiger charge is -2.40. The minimum atomic E-state index is -3.70. The van der Waals surface area contributed by atoms with Crippen molar-refractivity contribution >= 4 is 55.3 Å². The van der Waals surface area contributed by atoms with Gasteiger partial charge in [0.25, 0.3) is 0 Å². The number of fused-ring (bicyclic) bond motifs is 4. The number of benzene rings is 3. The van der Waals surface area contributed by atoms with Crippen LogP contribution in [-0.4, -0.2) is 37.9 Å². The summed E-state index contributed by atoms with van der Waals surface area (Å²) >= 11 is 6.30. The Bertz CT molecular complexity index is 1540. The van der Waals surface area contributed by atoms with Crippen LogP contribution in [-0.2, 0) is 21.4 Å². The fourth-order valence-corrected chi connectivity index (χ4v) is 6.64. The first-order valence-electron chi connectivity index (χ1n) is 11.1. The second-order valence-corrected chi connectivity index (χ2v) is 10.9. The van der Waals surface area contributed by atoms with E-state index in [1.54, 1.807) is 29.2 Å². The zero-order valence-corrected chi connectivity index (χ0v) is 19.7. The molecule has 9 heteroatoms. The molecular formula is C25H21ClN2O5S. The molecule has 0 spiro atoms. The molecule has 0 unspecified atom stereocenters. The van der Waals surface area contributed by atoms with Crippen molar-refractivity contribution in [3.63, 3.8) is 0 Å². The number of halogens is 1. The lowest BCUT2D eigenvalue weighted by atomic mass is 10.0. The van der Waals surface area contributed by atoms with Crippen LogP contribution in [0.25, 0.3) is 21.9 Å². The number of carbonyl (C=O) groups is 1. The van der Waals surface area contributed by atoms with Gasteiger partial charge in [-0.1, -0.05) is 35.9 Å². The average Bonchev–Trinajstić information content (AvgIpc) is 3.22. The van der Waals surface area contributed by atoms with Gasteiger partial charge in [0.2, 0.25) is 10.0 Å². The summed E-state index contributed by atoms with van der Waals surface area (Å²) in [4.78, 5) is 14.5. The molecule has 1 aromatic heterocycles. The second kappa shape index (κ2) is 8.01. The molecule has 0 radical (unpaired) electrons. The van der Waals surface area contributed by atoms with Crippen molar-refractivity contribution < 1.29 is 22.4 Å². The summed E-state index contributed by atoms with van der Waals surface area (Å²) in [5.74, 6) is 0. The molecule has 3 heterocycles. The summed E-state index contributed by atoms with van der Waals surface area (Å²) < 4.78 is 39.6. The van der Waals surface area contributed by atoms with E-state index in [9.17, 15) is 13.2 Å². The van der Waals surface area contributed by atoms with E-state index in [2.05, 4.69) is 0 Å². The maximum absolute atomic E-state index is 13.5. The predicted molar refractivity (Wildman–Crippen MR) is 130 cm³/mol. The number of sulfonamides is 1. The van der Waals surface area contributed by atoms with Gasteiger partial charge in [-0.25, -0.2) is 13.2 Å². The zero-order valence-electron chi connectivity index (χ0n) is 18.1. The number of anilines is 1. The molecule has 34 heavy (non-hydrogen) atoms. The number of cyclic esters (lactones) is 1. The first-order valence-corrected chi connectivity index (χ1v) is 12.9. The third-order valence-corrected chi connectivity index (χ3v) is 8.91. The first-order chi connectivity index (χ1) is 16.4. The van der Waals surface area contributed by atoms with Gasteiger partial charge < -0.3 is 9.15 Å². The highest BCUT2D eigenvalue weighted by Gasteiger charge is 2.37. The van der Waals surface area contributed by atoms with E-state index in [-0.39, 0.29) is 17.5 Å². The molecule has 0 N–H and O–H groups in total. The van der Waals surface area contributed by atoms with Gasteiger partial charge in [0.05, 0.1) is 10.6 Å². The highest BCUT2D eigenvalue weighted by Crippen LogP contribution is 2.37. The average molecular weight is 497 g/mol. The number of piperidine rings is 1. The fraction of sp³-hybridized carbons (Fsp3) is 0.240. The van der Waals surface area contributed by atoms with Crippen molar-refractivity contribution in [2.24, 2.45) is 0 Å². The van der Waals surface area contributed by atoms with Crippen LogP contribution in [0.5, 0.6) is 0 Å². The van der Waals surface area contributed by atoms with E-state index < -0.39 is 16.1 Å². The molecule has 7 nitrogen and oxygen atoms in total. The number of rotatable bonds is 3. The standard InChI is InChI=1S/C25H21ClN2O5S/c26-21-5-3-6-22-20(21)15-32-25(29)28(22)16-10-12-27(13-11-16)34(30,31)17-8-9-24-19(14-17)18-4-1-2-7-23(18)33-24/h1-9,14,16H,10-13,15H2. The molecule has 0 aliphatic carbocycles. The minimum absolute atomic E-state index is 0.142. The first kappa shape index (κ1) is 21.5. The molecule has 0 atom stereocenters. The van der Waals surface area contributed by atoms with Crippen molar-refractivity contribution in [3.8, 4) is 0 Å². The van der Waals surface area contributed by atoms with Gasteiger partial charge in [-0.2, -0.15) is 4.31 Å². The minimum Gasteiger partial charge on any atom is -0.456 e. The number of nitrogens with zero attached hydrogens (tertiary/aromatic N) is 2. The van der Waals surface area contributed by atoms with E-state index >= 15 is 0 Å². The Morgan fingerprint density at radius 2 is 1.68 bits per heavy atom. The van der Waals surface area contributed by atoms with Crippen LogP contribution in [0.3, 0.4) is 0 Å². The molecule has 1 amide bonds. The van der Waals surface area contributed by atoms with E-state index in [0.717, 1.165) is 27.6 Å². The third kappa shape index (κ3) is 3.36. The largest absolute Gasteiger partial charge is 0.456 e. The number of furan rings is 1. The van der Waals surface area contributed by atoms with Crippen LogP contribution in [0.15, 0.2) is 70.0 Å². The normalized spacial score (nSPS) is 17.8. The summed E-state index contributed by atoms with van der Waals surface area (Å²) in [5.41, 5.74) is 2.89. The molecule has 1 fully saturated rings. The maximum atomic E-state index is 13.5. The number of hydrogen-bond acceptors (Lipinski definition) is 5. The monoisotopic (exact) mass is 496 g/mol. The second-order valence-electron chi connectivity index (χ2n) is 8.55. The molecule has 2 aliphatic heterocycles. The maximum Gasteiger partial charge on any atom is 0.414 e. The van der Waals surface area contributed by atoms with E-state index in [0.29, 0.717) is 36.5 Å². The number of amides is 1. The van der Waals surface area contributed by atoms with Gasteiger partial charge in [0.1, 0.15) is 17.8 Å². The molecule has 0 bridgehead atoms. The zero-order chi connectivity index (χ0) is 23.4. The molecule has 174 valence electrons. The summed E-state index contributed by atoms with van der Waals surface area (Å²) in [5, 5.41) is 2.21. The SMILES string of the molecule is O=C1OCc2c(Cl)cccc2N1C1CCN(S(=O)(=O)c2ccc3oc4ccccc4c3c2)CC1. The Morgan fingerprint density at radius 3 is 2.50 bits per heavy atom. The Morgan fingerprint density at radius 1 is 0.912 bits per heavy atom. The quantitative estimate of drug-likeness (QED) is 0.371. The third-order valence-electron chi connectivity index (χ3n) is 6.66. The summed E-state index contributed by atoms with van der Waals surface area (Å²) in [6.07, 6.45) is 0.572. The smallest absolute Gasteiger partial charge is 0.414 e. The van der Waals surface area contributed by atoms with Gasteiger partial charge >= 0.3 is 6.09 Å². The van der Waals surface area contributed by atoms with Crippen molar-refractivity contribution in [1.29, 1.82) is 0 Å². The van der Waals surface area contributed by atoms with Crippen LogP contribution in [0.4, 0.5) is 10.5 Å². The van der Waals surface area contributed by atoms with Crippen molar-refractivity contribution in [1.82, 2.24) is 4.31 Å². The molecule has 6 rings (SSSR count). The van der Waals surface area contributed by atoms with Crippen molar-refractivity contribution in [3.05, 3.63) is 71.2 Å². The van der Waals surface area contributed by atoms with E-state index in [1.165, 1.54) is 4.31 Å². The van der Waals surface area contributed by atoms with Gasteiger partial charge in [-0.15, -0.1) is 0 Å². The highest BCUT2D eigenvalue weighted by atomic mass is 35.5. The number of para-hydroxylation sites is 1. The van der Waals surface area contributed by atoms with Gasteiger partial charge in [-0.05, 0) is 49.2 Å². The van der Waals surface area contributed by atoms with E-state index in [4.69, 9.17) is 20.8 Å². The predicted octanol–water partition coefficient (Wildman–Crippen LogP) is 5.55.